The molecule has 0 spiro atoms. The minimum absolute atomic E-state index is 0.184. The lowest BCUT2D eigenvalue weighted by molar-refractivity contribution is 0.127. The summed E-state index contributed by atoms with van der Waals surface area (Å²) in [5.74, 6) is 1.32. The molecule has 0 amide bonds. The minimum atomic E-state index is -0.184. The lowest BCUT2D eigenvalue weighted by atomic mass is 10.0. The lowest BCUT2D eigenvalue weighted by Crippen LogP contribution is -2.26. The molecule has 2 atom stereocenters. The first-order valence-corrected chi connectivity index (χ1v) is 7.04. The van der Waals surface area contributed by atoms with Gasteiger partial charge in [-0.05, 0) is 56.5 Å². The number of hydrogen-bond donors (Lipinski definition) is 2. The van der Waals surface area contributed by atoms with Crippen LogP contribution < -0.4 is 10.5 Å². The van der Waals surface area contributed by atoms with Crippen LogP contribution in [0.2, 0.25) is 0 Å². The van der Waals surface area contributed by atoms with Gasteiger partial charge in [0.15, 0.2) is 0 Å². The van der Waals surface area contributed by atoms with Gasteiger partial charge in [0, 0.05) is 18.8 Å². The van der Waals surface area contributed by atoms with E-state index in [1.54, 1.807) is 0 Å². The van der Waals surface area contributed by atoms with Crippen LogP contribution in [0.5, 0.6) is 5.75 Å². The van der Waals surface area contributed by atoms with Crippen LogP contribution >= 0.6 is 0 Å². The summed E-state index contributed by atoms with van der Waals surface area (Å²) in [6.45, 7) is 5.76. The van der Waals surface area contributed by atoms with Gasteiger partial charge in [0.1, 0.15) is 5.75 Å². The predicted octanol–water partition coefficient (Wildman–Crippen LogP) is 1.74. The third kappa shape index (κ3) is 4.40. The lowest BCUT2D eigenvalue weighted by Gasteiger charge is -2.17. The number of aliphatic hydroxyl groups excluding tert-OH is 1. The Kier molecular flexibility index (Phi) is 5.05. The number of anilines is 1. The number of nitrogen functional groups attached to an aromatic ring is 1. The molecule has 106 valence electrons. The van der Waals surface area contributed by atoms with E-state index in [1.165, 1.54) is 0 Å². The van der Waals surface area contributed by atoms with Gasteiger partial charge in [-0.1, -0.05) is 0 Å². The number of nitrogens with zero attached hydrogens (tertiary/aromatic N) is 1. The fraction of sp³-hybridized carbons (Fsp3) is 0.600. The molecule has 1 fully saturated rings. The zero-order chi connectivity index (χ0) is 13.7. The van der Waals surface area contributed by atoms with Crippen LogP contribution in [0.15, 0.2) is 24.3 Å². The van der Waals surface area contributed by atoms with E-state index < -0.39 is 0 Å². The second-order valence-electron chi connectivity index (χ2n) is 5.36. The van der Waals surface area contributed by atoms with E-state index in [9.17, 15) is 5.11 Å². The first-order valence-electron chi connectivity index (χ1n) is 7.04. The topological polar surface area (TPSA) is 58.7 Å². The number of likely N-dealkylation sites (tertiary alicyclic amines) is 1. The van der Waals surface area contributed by atoms with Crippen LogP contribution in [0, 0.1) is 5.92 Å². The van der Waals surface area contributed by atoms with Crippen LogP contribution in [0.25, 0.3) is 0 Å². The second-order valence-corrected chi connectivity index (χ2v) is 5.36. The van der Waals surface area contributed by atoms with Gasteiger partial charge in [-0.2, -0.15) is 0 Å². The van der Waals surface area contributed by atoms with Crippen molar-refractivity contribution in [3.05, 3.63) is 24.3 Å². The number of aliphatic hydroxyl groups is 1. The van der Waals surface area contributed by atoms with E-state index in [-0.39, 0.29) is 6.10 Å². The van der Waals surface area contributed by atoms with Gasteiger partial charge in [0.05, 0.1) is 12.7 Å². The highest BCUT2D eigenvalue weighted by atomic mass is 16.5. The maximum Gasteiger partial charge on any atom is 0.119 e. The number of hydrogen-bond acceptors (Lipinski definition) is 4. The Bertz CT molecular complexity index is 378. The molecular weight excluding hydrogens is 240 g/mol. The summed E-state index contributed by atoms with van der Waals surface area (Å²) in [4.78, 5) is 2.41. The van der Waals surface area contributed by atoms with Crippen LogP contribution in [-0.4, -0.2) is 42.4 Å². The molecule has 2 rings (SSSR count). The van der Waals surface area contributed by atoms with Crippen molar-refractivity contribution in [3.8, 4) is 5.75 Å². The van der Waals surface area contributed by atoms with Gasteiger partial charge in [-0.3, -0.25) is 0 Å². The molecule has 1 aliphatic heterocycles. The zero-order valence-electron chi connectivity index (χ0n) is 11.6. The number of nitrogens with two attached hydrogens (primary N) is 1. The van der Waals surface area contributed by atoms with Crippen molar-refractivity contribution in [3.63, 3.8) is 0 Å². The quantitative estimate of drug-likeness (QED) is 0.607. The smallest absolute Gasteiger partial charge is 0.119 e. The second kappa shape index (κ2) is 6.78. The van der Waals surface area contributed by atoms with Crippen molar-refractivity contribution in [2.75, 3.05) is 32.0 Å². The largest absolute Gasteiger partial charge is 0.494 e. The van der Waals surface area contributed by atoms with Crippen molar-refractivity contribution in [1.29, 1.82) is 0 Å². The average molecular weight is 264 g/mol. The molecule has 1 heterocycles. The summed E-state index contributed by atoms with van der Waals surface area (Å²) in [6.07, 6.45) is 1.93. The monoisotopic (exact) mass is 264 g/mol. The van der Waals surface area contributed by atoms with Crippen molar-refractivity contribution < 1.29 is 9.84 Å². The van der Waals surface area contributed by atoms with Crippen molar-refractivity contribution in [2.24, 2.45) is 5.92 Å². The summed E-state index contributed by atoms with van der Waals surface area (Å²) in [7, 11) is 0. The number of benzene rings is 1. The summed E-state index contributed by atoms with van der Waals surface area (Å²) in [5.41, 5.74) is 6.38. The molecule has 1 aromatic rings. The molecule has 0 radical (unpaired) electrons. The molecular formula is C15H24N2O2. The van der Waals surface area contributed by atoms with Gasteiger partial charge < -0.3 is 20.5 Å². The fourth-order valence-electron chi connectivity index (χ4n) is 2.50. The first-order chi connectivity index (χ1) is 9.15. The first kappa shape index (κ1) is 14.2. The SMILES string of the molecule is CC(O)C1CCN(CCCOc2ccc(N)cc2)C1. The van der Waals surface area contributed by atoms with Gasteiger partial charge >= 0.3 is 0 Å². The third-order valence-electron chi connectivity index (χ3n) is 3.76. The molecule has 0 bridgehead atoms. The summed E-state index contributed by atoms with van der Waals surface area (Å²) >= 11 is 0. The van der Waals surface area contributed by atoms with Gasteiger partial charge in [-0.15, -0.1) is 0 Å². The predicted molar refractivity (Wildman–Crippen MR) is 77.2 cm³/mol. The standard InChI is InChI=1S/C15H24N2O2/c1-12(18)13-7-9-17(11-13)8-2-10-19-15-5-3-14(16)4-6-15/h3-6,12-13,18H,2,7-11,16H2,1H3. The molecule has 3 N–H and O–H groups in total. The van der Waals surface area contributed by atoms with Gasteiger partial charge in [0.25, 0.3) is 0 Å². The molecule has 1 aromatic carbocycles. The zero-order valence-corrected chi connectivity index (χ0v) is 11.6. The Balaban J connectivity index is 1.61. The highest BCUT2D eigenvalue weighted by Gasteiger charge is 2.25. The minimum Gasteiger partial charge on any atom is -0.494 e. The van der Waals surface area contributed by atoms with Gasteiger partial charge in [-0.25, -0.2) is 0 Å². The average Bonchev–Trinajstić information content (AvgIpc) is 2.86. The molecule has 0 aliphatic carbocycles. The maximum atomic E-state index is 9.55. The van der Waals surface area contributed by atoms with Crippen LogP contribution in [0.3, 0.4) is 0 Å². The van der Waals surface area contributed by atoms with Crippen LogP contribution in [-0.2, 0) is 0 Å². The molecule has 2 unspecified atom stereocenters. The van der Waals surface area contributed by atoms with Crippen LogP contribution in [0.4, 0.5) is 5.69 Å². The molecule has 0 aromatic heterocycles. The Morgan fingerprint density at radius 3 is 2.79 bits per heavy atom. The molecule has 1 aliphatic rings. The third-order valence-corrected chi connectivity index (χ3v) is 3.76. The fourth-order valence-corrected chi connectivity index (χ4v) is 2.50. The Morgan fingerprint density at radius 2 is 2.16 bits per heavy atom. The highest BCUT2D eigenvalue weighted by Crippen LogP contribution is 2.19. The molecule has 4 heteroatoms. The van der Waals surface area contributed by atoms with Crippen molar-refractivity contribution in [1.82, 2.24) is 4.90 Å². The van der Waals surface area contributed by atoms with E-state index in [2.05, 4.69) is 4.90 Å². The molecule has 19 heavy (non-hydrogen) atoms. The molecule has 0 saturated carbocycles. The Morgan fingerprint density at radius 1 is 1.42 bits per heavy atom. The van der Waals surface area contributed by atoms with Gasteiger partial charge in [0.2, 0.25) is 0 Å². The normalized spacial score (nSPS) is 21.5. The Hall–Kier alpha value is -1.26. The maximum absolute atomic E-state index is 9.55. The summed E-state index contributed by atoms with van der Waals surface area (Å²) in [6, 6.07) is 7.50. The molecule has 1 saturated heterocycles. The van der Waals surface area contributed by atoms with Crippen LogP contribution in [0.1, 0.15) is 19.8 Å². The van der Waals surface area contributed by atoms with E-state index >= 15 is 0 Å². The van der Waals surface area contributed by atoms with Crippen molar-refractivity contribution >= 4 is 5.69 Å². The van der Waals surface area contributed by atoms with E-state index in [4.69, 9.17) is 10.5 Å². The highest BCUT2D eigenvalue weighted by molar-refractivity contribution is 5.41. The number of ether oxygens (including phenoxy) is 1. The van der Waals surface area contributed by atoms with E-state index in [0.29, 0.717) is 5.92 Å². The van der Waals surface area contributed by atoms with E-state index in [0.717, 1.165) is 50.5 Å². The van der Waals surface area contributed by atoms with Crippen molar-refractivity contribution in [2.45, 2.75) is 25.9 Å². The number of rotatable bonds is 6. The van der Waals surface area contributed by atoms with E-state index in [1.807, 2.05) is 31.2 Å². The summed E-state index contributed by atoms with van der Waals surface area (Å²) in [5, 5.41) is 9.55. The molecule has 4 nitrogen and oxygen atoms in total. The Labute approximate surface area is 115 Å². The summed E-state index contributed by atoms with van der Waals surface area (Å²) < 4.78 is 5.66.